The van der Waals surface area contributed by atoms with E-state index in [1.807, 2.05) is 0 Å². The third-order valence-electron chi connectivity index (χ3n) is 2.22. The lowest BCUT2D eigenvalue weighted by molar-refractivity contribution is -0.136. The monoisotopic (exact) mass is 265 g/mol. The molecule has 2 aromatic rings. The van der Waals surface area contributed by atoms with E-state index >= 15 is 0 Å². The Kier molecular flexibility index (Phi) is 3.93. The van der Waals surface area contributed by atoms with Gasteiger partial charge >= 0.3 is 5.97 Å². The van der Waals surface area contributed by atoms with Crippen LogP contribution in [-0.4, -0.2) is 31.5 Å². The van der Waals surface area contributed by atoms with Crippen LogP contribution in [0.4, 0.5) is 0 Å². The highest BCUT2D eigenvalue weighted by molar-refractivity contribution is 8.00. The molecule has 2 aromatic heterocycles. The predicted molar refractivity (Wildman–Crippen MR) is 65.1 cm³/mol. The smallest absolute Gasteiger partial charge is 0.317 e. The lowest BCUT2D eigenvalue weighted by Crippen LogP contribution is -2.14. The van der Waals surface area contributed by atoms with Crippen LogP contribution < -0.4 is 0 Å². The van der Waals surface area contributed by atoms with Crippen molar-refractivity contribution >= 4 is 17.7 Å². The van der Waals surface area contributed by atoms with Gasteiger partial charge in [-0.05, 0) is 18.6 Å². The minimum absolute atomic E-state index is 0.260. The molecule has 0 amide bonds. The van der Waals surface area contributed by atoms with Gasteiger partial charge in [0.15, 0.2) is 0 Å². The second-order valence-electron chi connectivity index (χ2n) is 3.46. The summed E-state index contributed by atoms with van der Waals surface area (Å²) in [5, 5.41) is 16.3. The van der Waals surface area contributed by atoms with Gasteiger partial charge in [-0.1, -0.05) is 18.7 Å². The van der Waals surface area contributed by atoms with E-state index in [0.29, 0.717) is 12.3 Å². The van der Waals surface area contributed by atoms with Crippen molar-refractivity contribution < 1.29 is 14.3 Å². The number of rotatable bonds is 5. The molecule has 0 radical (unpaired) electrons. The molecule has 0 fully saturated rings. The molecule has 6 nitrogen and oxygen atoms in total. The zero-order valence-corrected chi connectivity index (χ0v) is 10.4. The van der Waals surface area contributed by atoms with Gasteiger partial charge in [-0.15, -0.1) is 10.2 Å². The molecule has 0 aromatic carbocycles. The lowest BCUT2D eigenvalue weighted by Gasteiger charge is -2.04. The van der Waals surface area contributed by atoms with E-state index in [4.69, 9.17) is 9.52 Å². The minimum atomic E-state index is -0.883. The third kappa shape index (κ3) is 2.86. The summed E-state index contributed by atoms with van der Waals surface area (Å²) < 4.78 is 5.40. The molecule has 0 aliphatic carbocycles. The summed E-state index contributed by atoms with van der Waals surface area (Å²) in [6.07, 6.45) is 3.74. The summed E-state index contributed by atoms with van der Waals surface area (Å²) in [6.45, 7) is 1.80. The maximum Gasteiger partial charge on any atom is 0.317 e. The first-order valence-corrected chi connectivity index (χ1v) is 6.22. The molecule has 7 heteroatoms. The van der Waals surface area contributed by atoms with Crippen LogP contribution in [0, 0.1) is 0 Å². The van der Waals surface area contributed by atoms with E-state index in [1.54, 1.807) is 31.5 Å². The number of nitrogens with zero attached hydrogens (tertiary/aromatic N) is 3. The second-order valence-corrected chi connectivity index (χ2v) is 4.62. The van der Waals surface area contributed by atoms with Crippen molar-refractivity contribution in [2.45, 2.75) is 23.8 Å². The minimum Gasteiger partial charge on any atom is -0.480 e. The maximum atomic E-state index is 10.9. The largest absolute Gasteiger partial charge is 0.480 e. The topological polar surface area (TPSA) is 89.1 Å². The highest BCUT2D eigenvalue weighted by atomic mass is 32.2. The summed E-state index contributed by atoms with van der Waals surface area (Å²) in [4.78, 5) is 14.8. The number of thioether (sulfide) groups is 1. The van der Waals surface area contributed by atoms with Gasteiger partial charge in [0, 0.05) is 18.0 Å². The highest BCUT2D eigenvalue weighted by Crippen LogP contribution is 2.27. The number of carboxylic acid groups (broad SMARTS) is 1. The molecule has 0 unspecified atom stereocenters. The van der Waals surface area contributed by atoms with Crippen molar-refractivity contribution in [1.29, 1.82) is 0 Å². The van der Waals surface area contributed by atoms with Crippen molar-refractivity contribution in [3.05, 3.63) is 24.5 Å². The third-order valence-corrected chi connectivity index (χ3v) is 3.41. The average Bonchev–Trinajstić information content (AvgIpc) is 2.85. The van der Waals surface area contributed by atoms with Crippen molar-refractivity contribution in [3.8, 4) is 11.5 Å². The Morgan fingerprint density at radius 2 is 2.17 bits per heavy atom. The Morgan fingerprint density at radius 3 is 2.78 bits per heavy atom. The fourth-order valence-electron chi connectivity index (χ4n) is 1.30. The molecule has 1 N–H and O–H groups in total. The van der Waals surface area contributed by atoms with Crippen molar-refractivity contribution in [2.24, 2.45) is 0 Å². The first-order valence-electron chi connectivity index (χ1n) is 5.34. The quantitative estimate of drug-likeness (QED) is 0.828. The van der Waals surface area contributed by atoms with Gasteiger partial charge in [-0.2, -0.15) is 0 Å². The Hall–Kier alpha value is -1.89. The molecule has 0 aliphatic heterocycles. The first kappa shape index (κ1) is 12.6. The molecule has 1 atom stereocenters. The van der Waals surface area contributed by atoms with Gasteiger partial charge in [-0.3, -0.25) is 9.78 Å². The van der Waals surface area contributed by atoms with Crippen LogP contribution in [0.5, 0.6) is 0 Å². The van der Waals surface area contributed by atoms with Gasteiger partial charge in [0.05, 0.1) is 0 Å². The lowest BCUT2D eigenvalue weighted by atomic mass is 10.3. The fourth-order valence-corrected chi connectivity index (χ4v) is 2.02. The van der Waals surface area contributed by atoms with Gasteiger partial charge in [-0.25, -0.2) is 0 Å². The molecule has 0 bridgehead atoms. The molecular formula is C11H11N3O3S. The number of carbonyl (C=O) groups is 1. The molecule has 2 rings (SSSR count). The SMILES string of the molecule is CC[C@H](Sc1nnc(-c2ccncc2)o1)C(=O)O. The number of aromatic nitrogens is 3. The van der Waals surface area contributed by atoms with Crippen LogP contribution >= 0.6 is 11.8 Å². The number of pyridine rings is 1. The normalized spacial score (nSPS) is 12.3. The van der Waals surface area contributed by atoms with E-state index in [0.717, 1.165) is 17.3 Å². The summed E-state index contributed by atoms with van der Waals surface area (Å²) in [6, 6.07) is 3.49. The summed E-state index contributed by atoms with van der Waals surface area (Å²) in [5.41, 5.74) is 0.757. The van der Waals surface area contributed by atoms with E-state index in [9.17, 15) is 4.79 Å². The molecular weight excluding hydrogens is 254 g/mol. The molecule has 2 heterocycles. The van der Waals surface area contributed by atoms with E-state index in [1.165, 1.54) is 0 Å². The van der Waals surface area contributed by atoms with Crippen LogP contribution in [-0.2, 0) is 4.79 Å². The maximum absolute atomic E-state index is 10.9. The van der Waals surface area contributed by atoms with Gasteiger partial charge < -0.3 is 9.52 Å². The van der Waals surface area contributed by atoms with Crippen molar-refractivity contribution in [1.82, 2.24) is 15.2 Å². The number of aliphatic carboxylic acids is 1. The average molecular weight is 265 g/mol. The molecule has 0 spiro atoms. The zero-order chi connectivity index (χ0) is 13.0. The number of carboxylic acids is 1. The molecule has 94 valence electrons. The van der Waals surface area contributed by atoms with Crippen LogP contribution in [0.25, 0.3) is 11.5 Å². The Balaban J connectivity index is 2.14. The zero-order valence-electron chi connectivity index (χ0n) is 9.61. The fraction of sp³-hybridized carbons (Fsp3) is 0.273. The molecule has 0 saturated carbocycles. The summed E-state index contributed by atoms with van der Waals surface area (Å²) in [5.74, 6) is -0.522. The Labute approximate surface area is 107 Å². The molecule has 0 saturated heterocycles. The Bertz CT molecular complexity index is 529. The van der Waals surface area contributed by atoms with Gasteiger partial charge in [0.1, 0.15) is 5.25 Å². The van der Waals surface area contributed by atoms with E-state index < -0.39 is 11.2 Å². The highest BCUT2D eigenvalue weighted by Gasteiger charge is 2.20. The van der Waals surface area contributed by atoms with Gasteiger partial charge in [0.2, 0.25) is 5.89 Å². The number of hydrogen-bond donors (Lipinski definition) is 1. The summed E-state index contributed by atoms with van der Waals surface area (Å²) in [7, 11) is 0. The molecule has 0 aliphatic rings. The van der Waals surface area contributed by atoms with Crippen LogP contribution in [0.2, 0.25) is 0 Å². The standard InChI is InChI=1S/C11H11N3O3S/c1-2-8(10(15)16)18-11-14-13-9(17-11)7-3-5-12-6-4-7/h3-6,8H,2H2,1H3,(H,15,16)/t8-/m0/s1. The summed E-state index contributed by atoms with van der Waals surface area (Å²) >= 11 is 1.06. The number of hydrogen-bond acceptors (Lipinski definition) is 6. The van der Waals surface area contributed by atoms with Gasteiger partial charge in [0.25, 0.3) is 5.22 Å². The van der Waals surface area contributed by atoms with E-state index in [2.05, 4.69) is 15.2 Å². The second kappa shape index (κ2) is 5.63. The Morgan fingerprint density at radius 1 is 1.44 bits per heavy atom. The first-order chi connectivity index (χ1) is 8.70. The van der Waals surface area contributed by atoms with Crippen LogP contribution in [0.3, 0.4) is 0 Å². The van der Waals surface area contributed by atoms with Crippen molar-refractivity contribution in [3.63, 3.8) is 0 Å². The van der Waals surface area contributed by atoms with Crippen LogP contribution in [0.1, 0.15) is 13.3 Å². The van der Waals surface area contributed by atoms with Crippen molar-refractivity contribution in [2.75, 3.05) is 0 Å². The predicted octanol–water partition coefficient (Wildman–Crippen LogP) is 2.09. The molecule has 18 heavy (non-hydrogen) atoms. The van der Waals surface area contributed by atoms with Crippen LogP contribution in [0.15, 0.2) is 34.2 Å². The van der Waals surface area contributed by atoms with E-state index in [-0.39, 0.29) is 5.22 Å².